The lowest BCUT2D eigenvalue weighted by molar-refractivity contribution is -0.113. The average molecular weight is 490 g/mol. The zero-order valence-corrected chi connectivity index (χ0v) is 20.6. The lowest BCUT2D eigenvalue weighted by Gasteiger charge is -2.13. The minimum atomic E-state index is -0.213. The van der Waals surface area contributed by atoms with Crippen LogP contribution in [-0.4, -0.2) is 49.1 Å². The van der Waals surface area contributed by atoms with E-state index in [1.807, 2.05) is 0 Å². The van der Waals surface area contributed by atoms with Gasteiger partial charge in [-0.1, -0.05) is 11.8 Å². The highest BCUT2D eigenvalue weighted by atomic mass is 32.2. The molecule has 0 bridgehead atoms. The Hall–Kier alpha value is -2.56. The molecule has 3 aromatic rings. The Labute approximate surface area is 200 Å². The fourth-order valence-corrected chi connectivity index (χ4v) is 6.08. The van der Waals surface area contributed by atoms with Crippen LogP contribution in [0.15, 0.2) is 28.2 Å². The summed E-state index contributed by atoms with van der Waals surface area (Å²) in [6.45, 7) is 1.05. The van der Waals surface area contributed by atoms with Crippen molar-refractivity contribution in [2.75, 3.05) is 39.0 Å². The molecule has 1 aliphatic carbocycles. The number of aromatic nitrogens is 2. The van der Waals surface area contributed by atoms with Crippen molar-refractivity contribution in [2.24, 2.45) is 0 Å². The van der Waals surface area contributed by atoms with E-state index in [9.17, 15) is 9.59 Å². The number of carbonyl (C=O) groups is 1. The normalized spacial score (nSPS) is 12.7. The first-order valence-corrected chi connectivity index (χ1v) is 12.5. The van der Waals surface area contributed by atoms with E-state index in [1.165, 1.54) is 23.7 Å². The van der Waals surface area contributed by atoms with Crippen molar-refractivity contribution >= 4 is 44.9 Å². The molecule has 0 radical (unpaired) electrons. The summed E-state index contributed by atoms with van der Waals surface area (Å²) in [5, 5.41) is 4.17. The molecule has 10 heteroatoms. The Balaban J connectivity index is 1.55. The van der Waals surface area contributed by atoms with Crippen LogP contribution in [0.4, 0.5) is 5.69 Å². The first-order chi connectivity index (χ1) is 16.0. The Bertz CT molecular complexity index is 1220. The zero-order valence-electron chi connectivity index (χ0n) is 18.9. The maximum absolute atomic E-state index is 13.4. The molecule has 0 saturated carbocycles. The van der Waals surface area contributed by atoms with Crippen molar-refractivity contribution in [3.63, 3.8) is 0 Å². The molecule has 2 heterocycles. The van der Waals surface area contributed by atoms with E-state index in [0.29, 0.717) is 41.9 Å². The minimum Gasteiger partial charge on any atom is -0.497 e. The monoisotopic (exact) mass is 489 g/mol. The van der Waals surface area contributed by atoms with Crippen LogP contribution >= 0.6 is 23.1 Å². The molecule has 8 nitrogen and oxygen atoms in total. The number of thiophene rings is 1. The zero-order chi connectivity index (χ0) is 23.4. The largest absolute Gasteiger partial charge is 0.497 e. The summed E-state index contributed by atoms with van der Waals surface area (Å²) < 4.78 is 17.4. The second-order valence-electron chi connectivity index (χ2n) is 7.64. The summed E-state index contributed by atoms with van der Waals surface area (Å²) in [6.07, 6.45) is 3.72. The summed E-state index contributed by atoms with van der Waals surface area (Å²) >= 11 is 2.87. The molecule has 1 N–H and O–H groups in total. The van der Waals surface area contributed by atoms with Crippen LogP contribution in [0.5, 0.6) is 11.5 Å². The summed E-state index contributed by atoms with van der Waals surface area (Å²) in [7, 11) is 4.75. The fourth-order valence-electron chi connectivity index (χ4n) is 3.95. The van der Waals surface area contributed by atoms with Gasteiger partial charge in [-0.3, -0.25) is 14.2 Å². The smallest absolute Gasteiger partial charge is 0.263 e. The SMILES string of the molecule is COCCCn1c(SCC(=O)Nc2ccc(OC)cc2OC)nc2sc3c(c2c1=O)CCC3. The number of aryl methyl sites for hydroxylation is 2. The van der Waals surface area contributed by atoms with E-state index in [1.54, 1.807) is 48.3 Å². The van der Waals surface area contributed by atoms with Crippen molar-refractivity contribution < 1.29 is 19.0 Å². The van der Waals surface area contributed by atoms with Gasteiger partial charge in [0.15, 0.2) is 5.16 Å². The van der Waals surface area contributed by atoms with Gasteiger partial charge in [-0.15, -0.1) is 11.3 Å². The van der Waals surface area contributed by atoms with Gasteiger partial charge in [-0.05, 0) is 43.4 Å². The van der Waals surface area contributed by atoms with Crippen LogP contribution in [0.1, 0.15) is 23.3 Å². The van der Waals surface area contributed by atoms with Gasteiger partial charge >= 0.3 is 0 Å². The Morgan fingerprint density at radius 1 is 1.24 bits per heavy atom. The highest BCUT2D eigenvalue weighted by Crippen LogP contribution is 2.36. The molecular weight excluding hydrogens is 462 g/mol. The number of rotatable bonds is 10. The van der Waals surface area contributed by atoms with Crippen molar-refractivity contribution in [1.82, 2.24) is 9.55 Å². The van der Waals surface area contributed by atoms with Gasteiger partial charge in [0.25, 0.3) is 5.56 Å². The summed E-state index contributed by atoms with van der Waals surface area (Å²) in [5.74, 6) is 1.05. The third-order valence-electron chi connectivity index (χ3n) is 5.54. The lowest BCUT2D eigenvalue weighted by Crippen LogP contribution is -2.25. The van der Waals surface area contributed by atoms with E-state index in [4.69, 9.17) is 19.2 Å². The molecule has 33 heavy (non-hydrogen) atoms. The quantitative estimate of drug-likeness (QED) is 0.264. The number of benzene rings is 1. The molecule has 0 spiro atoms. The number of ether oxygens (including phenoxy) is 3. The van der Waals surface area contributed by atoms with Gasteiger partial charge in [0, 0.05) is 31.2 Å². The molecule has 0 atom stereocenters. The Morgan fingerprint density at radius 2 is 2.09 bits per heavy atom. The predicted octanol–water partition coefficient (Wildman–Crippen LogP) is 3.73. The van der Waals surface area contributed by atoms with Gasteiger partial charge in [0.1, 0.15) is 16.3 Å². The molecule has 176 valence electrons. The highest BCUT2D eigenvalue weighted by molar-refractivity contribution is 7.99. The topological polar surface area (TPSA) is 91.7 Å². The summed E-state index contributed by atoms with van der Waals surface area (Å²) in [6, 6.07) is 5.20. The number of thioether (sulfide) groups is 1. The highest BCUT2D eigenvalue weighted by Gasteiger charge is 2.23. The molecule has 4 rings (SSSR count). The third-order valence-corrected chi connectivity index (χ3v) is 7.70. The average Bonchev–Trinajstić information content (AvgIpc) is 3.40. The van der Waals surface area contributed by atoms with E-state index in [-0.39, 0.29) is 17.2 Å². The summed E-state index contributed by atoms with van der Waals surface area (Å²) in [4.78, 5) is 32.9. The Morgan fingerprint density at radius 3 is 2.85 bits per heavy atom. The number of amides is 1. The van der Waals surface area contributed by atoms with Gasteiger partial charge in [-0.25, -0.2) is 4.98 Å². The number of fused-ring (bicyclic) bond motifs is 3. The number of nitrogens with one attached hydrogen (secondary N) is 1. The molecule has 2 aromatic heterocycles. The van der Waals surface area contributed by atoms with Gasteiger partial charge < -0.3 is 19.5 Å². The number of nitrogens with zero attached hydrogens (tertiary/aromatic N) is 2. The van der Waals surface area contributed by atoms with Crippen LogP contribution in [0, 0.1) is 0 Å². The van der Waals surface area contributed by atoms with Crippen molar-refractivity contribution in [2.45, 2.75) is 37.4 Å². The van der Waals surface area contributed by atoms with Crippen LogP contribution in [0.3, 0.4) is 0 Å². The molecule has 0 fully saturated rings. The van der Waals surface area contributed by atoms with Gasteiger partial charge in [-0.2, -0.15) is 0 Å². The maximum atomic E-state index is 13.4. The number of carbonyl (C=O) groups excluding carboxylic acids is 1. The van der Waals surface area contributed by atoms with Crippen molar-refractivity contribution in [3.05, 3.63) is 39.0 Å². The number of hydrogen-bond donors (Lipinski definition) is 1. The third kappa shape index (κ3) is 5.02. The van der Waals surface area contributed by atoms with Crippen LogP contribution in [0.25, 0.3) is 10.2 Å². The van der Waals surface area contributed by atoms with Crippen LogP contribution in [-0.2, 0) is 28.9 Å². The van der Waals surface area contributed by atoms with E-state index in [2.05, 4.69) is 5.32 Å². The Kier molecular flexibility index (Phi) is 7.56. The minimum absolute atomic E-state index is 0.0183. The molecule has 0 saturated heterocycles. The first-order valence-electron chi connectivity index (χ1n) is 10.7. The van der Waals surface area contributed by atoms with Gasteiger partial charge in [0.2, 0.25) is 5.91 Å². The molecule has 1 aliphatic rings. The number of anilines is 1. The number of hydrogen-bond acceptors (Lipinski definition) is 8. The molecule has 1 amide bonds. The molecular formula is C23H27N3O5S2. The van der Waals surface area contributed by atoms with Gasteiger partial charge in [0.05, 0.1) is 31.0 Å². The first kappa shape index (κ1) is 23.6. The standard InChI is InChI=1S/C23H27N3O5S2/c1-29-11-5-10-26-22(28)20-15-6-4-7-18(15)33-21(20)25-23(26)32-13-19(27)24-16-9-8-14(30-2)12-17(16)31-3/h8-9,12H,4-7,10-11,13H2,1-3H3,(H,24,27). The maximum Gasteiger partial charge on any atom is 0.263 e. The lowest BCUT2D eigenvalue weighted by atomic mass is 10.2. The van der Waals surface area contributed by atoms with Crippen LogP contribution in [0.2, 0.25) is 0 Å². The summed E-state index contributed by atoms with van der Waals surface area (Å²) in [5.41, 5.74) is 1.70. The predicted molar refractivity (Wildman–Crippen MR) is 131 cm³/mol. The van der Waals surface area contributed by atoms with E-state index >= 15 is 0 Å². The second kappa shape index (κ2) is 10.6. The fraction of sp³-hybridized carbons (Fsp3) is 0.435. The number of methoxy groups -OCH3 is 3. The molecule has 0 aliphatic heterocycles. The molecule has 0 unspecified atom stereocenters. The van der Waals surface area contributed by atoms with E-state index < -0.39 is 0 Å². The second-order valence-corrected chi connectivity index (χ2v) is 9.66. The molecule has 1 aromatic carbocycles. The van der Waals surface area contributed by atoms with Crippen molar-refractivity contribution in [3.8, 4) is 11.5 Å². The van der Waals surface area contributed by atoms with Crippen LogP contribution < -0.4 is 20.3 Å². The van der Waals surface area contributed by atoms with Crippen molar-refractivity contribution in [1.29, 1.82) is 0 Å². The van der Waals surface area contributed by atoms with E-state index in [0.717, 1.165) is 35.0 Å².